The maximum absolute atomic E-state index is 11.6. The highest BCUT2D eigenvalue weighted by Gasteiger charge is 2.25. The number of hydrogen-bond donors (Lipinski definition) is 4. The first-order chi connectivity index (χ1) is 23.6. The molecule has 4 nitrogen and oxygen atoms in total. The fourth-order valence-electron chi connectivity index (χ4n) is 8.11. The van der Waals surface area contributed by atoms with Gasteiger partial charge in [0.2, 0.25) is 0 Å². The summed E-state index contributed by atoms with van der Waals surface area (Å²) in [7, 11) is 0. The van der Waals surface area contributed by atoms with Crippen molar-refractivity contribution in [3.63, 3.8) is 0 Å². The molecule has 0 radical (unpaired) electrons. The molecule has 1 fully saturated rings. The Balaban J connectivity index is 0.973. The number of rotatable bonds is 6. The SMILES string of the molecule is Oc1c(CN[C@@H]2CCCC[C@H]2NCc2ccc3ccc4cc5ccccc5cc4c3c2O)ccc2ccc3cc4ccccc4cc3c12. The molecule has 8 aromatic rings. The Morgan fingerprint density at radius 3 is 1.25 bits per heavy atom. The molecule has 0 amide bonds. The van der Waals surface area contributed by atoms with Crippen LogP contribution in [0.1, 0.15) is 36.8 Å². The summed E-state index contributed by atoms with van der Waals surface area (Å²) in [6.07, 6.45) is 4.50. The number of nitrogens with one attached hydrogen (secondary N) is 2. The molecule has 4 N–H and O–H groups in total. The average Bonchev–Trinajstić information content (AvgIpc) is 3.12. The summed E-state index contributed by atoms with van der Waals surface area (Å²) in [5, 5.41) is 44.0. The van der Waals surface area contributed by atoms with E-state index in [2.05, 4.69) is 132 Å². The molecule has 48 heavy (non-hydrogen) atoms. The van der Waals surface area contributed by atoms with Crippen molar-refractivity contribution in [2.75, 3.05) is 0 Å². The third kappa shape index (κ3) is 5.00. The van der Waals surface area contributed by atoms with Crippen molar-refractivity contribution in [1.29, 1.82) is 0 Å². The molecular formula is C44H38N2O2. The minimum Gasteiger partial charge on any atom is -0.507 e. The molecule has 1 saturated carbocycles. The second-order valence-corrected chi connectivity index (χ2v) is 13.6. The Labute approximate surface area is 279 Å². The zero-order chi connectivity index (χ0) is 32.2. The topological polar surface area (TPSA) is 64.5 Å². The maximum atomic E-state index is 11.6. The molecule has 0 aliphatic heterocycles. The lowest BCUT2D eigenvalue weighted by Gasteiger charge is -2.33. The Morgan fingerprint density at radius 1 is 0.438 bits per heavy atom. The predicted octanol–water partition coefficient (Wildman–Crippen LogP) is 10.2. The summed E-state index contributed by atoms with van der Waals surface area (Å²) in [6, 6.07) is 43.1. The molecule has 2 atom stereocenters. The van der Waals surface area contributed by atoms with Crippen LogP contribution in [0.2, 0.25) is 0 Å². The van der Waals surface area contributed by atoms with Gasteiger partial charge in [0, 0.05) is 47.1 Å². The molecule has 0 bridgehead atoms. The van der Waals surface area contributed by atoms with E-state index in [-0.39, 0.29) is 12.1 Å². The van der Waals surface area contributed by atoms with E-state index in [1.54, 1.807) is 0 Å². The summed E-state index contributed by atoms with van der Waals surface area (Å²) in [5.74, 6) is 0.726. The van der Waals surface area contributed by atoms with Crippen molar-refractivity contribution >= 4 is 64.6 Å². The van der Waals surface area contributed by atoms with Gasteiger partial charge in [-0.3, -0.25) is 0 Å². The molecule has 1 aliphatic rings. The fourth-order valence-corrected chi connectivity index (χ4v) is 8.11. The molecule has 9 rings (SSSR count). The minimum atomic E-state index is 0.264. The summed E-state index contributed by atoms with van der Waals surface area (Å²) >= 11 is 0. The maximum Gasteiger partial charge on any atom is 0.128 e. The van der Waals surface area contributed by atoms with Gasteiger partial charge in [-0.2, -0.15) is 0 Å². The highest BCUT2D eigenvalue weighted by atomic mass is 16.3. The van der Waals surface area contributed by atoms with Gasteiger partial charge in [-0.15, -0.1) is 0 Å². The number of hydrogen-bond acceptors (Lipinski definition) is 4. The van der Waals surface area contributed by atoms with Crippen molar-refractivity contribution in [2.45, 2.75) is 50.9 Å². The summed E-state index contributed by atoms with van der Waals surface area (Å²) in [5.41, 5.74) is 1.83. The third-order valence-electron chi connectivity index (χ3n) is 10.7. The van der Waals surface area contributed by atoms with Crippen molar-refractivity contribution < 1.29 is 10.2 Å². The van der Waals surface area contributed by atoms with Crippen LogP contribution in [-0.4, -0.2) is 22.3 Å². The Morgan fingerprint density at radius 2 is 0.812 bits per heavy atom. The van der Waals surface area contributed by atoms with E-state index >= 15 is 0 Å². The van der Waals surface area contributed by atoms with Crippen LogP contribution in [0.3, 0.4) is 0 Å². The van der Waals surface area contributed by atoms with E-state index in [4.69, 9.17) is 0 Å². The van der Waals surface area contributed by atoms with Crippen LogP contribution >= 0.6 is 0 Å². The normalized spacial score (nSPS) is 16.9. The number of benzene rings is 8. The zero-order valence-corrected chi connectivity index (χ0v) is 26.8. The van der Waals surface area contributed by atoms with Crippen LogP contribution < -0.4 is 10.6 Å². The lowest BCUT2D eigenvalue weighted by Crippen LogP contribution is -2.49. The van der Waals surface area contributed by atoms with Crippen LogP contribution in [-0.2, 0) is 13.1 Å². The quantitative estimate of drug-likeness (QED) is 0.110. The van der Waals surface area contributed by atoms with E-state index < -0.39 is 0 Å². The molecule has 0 heterocycles. The van der Waals surface area contributed by atoms with Crippen LogP contribution in [0.15, 0.2) is 121 Å². The Hall–Kier alpha value is -5.16. The molecule has 8 aromatic carbocycles. The minimum absolute atomic E-state index is 0.264. The average molecular weight is 627 g/mol. The first-order valence-corrected chi connectivity index (χ1v) is 17.2. The fraction of sp³-hybridized carbons (Fsp3) is 0.182. The number of aromatic hydroxyl groups is 2. The summed E-state index contributed by atoms with van der Waals surface area (Å²) in [6.45, 7) is 1.19. The first kappa shape index (κ1) is 29.0. The second kappa shape index (κ2) is 11.8. The largest absolute Gasteiger partial charge is 0.507 e. The van der Waals surface area contributed by atoms with Gasteiger partial charge in [0.05, 0.1) is 0 Å². The van der Waals surface area contributed by atoms with Crippen LogP contribution in [0, 0.1) is 0 Å². The monoisotopic (exact) mass is 626 g/mol. The predicted molar refractivity (Wildman–Crippen MR) is 201 cm³/mol. The molecule has 4 heteroatoms. The van der Waals surface area contributed by atoms with E-state index in [1.165, 1.54) is 34.4 Å². The Bertz CT molecular complexity index is 2340. The molecule has 236 valence electrons. The number of phenolic OH excluding ortho intramolecular Hbond substituents is 2. The number of phenols is 2. The van der Waals surface area contributed by atoms with Gasteiger partial charge in [0.25, 0.3) is 0 Å². The van der Waals surface area contributed by atoms with Crippen molar-refractivity contribution in [3.05, 3.63) is 132 Å². The molecule has 1 aliphatic carbocycles. The van der Waals surface area contributed by atoms with Gasteiger partial charge in [-0.25, -0.2) is 0 Å². The van der Waals surface area contributed by atoms with Crippen LogP contribution in [0.5, 0.6) is 11.5 Å². The van der Waals surface area contributed by atoms with E-state index in [0.717, 1.165) is 67.1 Å². The standard InChI is InChI=1S/C44H38N2O2/c47-43-35(19-15-27-13-17-33-21-29-7-1-3-9-31(29)23-37(33)41(27)43)25-45-39-11-5-6-12-40(39)46-26-36-20-16-28-14-18-34-22-30-8-2-4-10-32(30)24-38(34)42(28)44(36)48/h1-4,7-10,13-24,39-40,45-48H,5-6,11-12,25-26H2/t39-,40-/m1/s1. The van der Waals surface area contributed by atoms with E-state index in [1.807, 2.05) is 0 Å². The Kier molecular flexibility index (Phi) is 7.14. The summed E-state index contributed by atoms with van der Waals surface area (Å²) < 4.78 is 0. The van der Waals surface area contributed by atoms with Gasteiger partial charge >= 0.3 is 0 Å². The van der Waals surface area contributed by atoms with Crippen molar-refractivity contribution in [3.8, 4) is 11.5 Å². The van der Waals surface area contributed by atoms with Crippen LogP contribution in [0.25, 0.3) is 64.6 Å². The molecule has 0 saturated heterocycles. The zero-order valence-electron chi connectivity index (χ0n) is 26.8. The van der Waals surface area contributed by atoms with Gasteiger partial charge in [-0.1, -0.05) is 110 Å². The van der Waals surface area contributed by atoms with Crippen molar-refractivity contribution in [1.82, 2.24) is 10.6 Å². The molecular weight excluding hydrogens is 588 g/mol. The van der Waals surface area contributed by atoms with Crippen molar-refractivity contribution in [2.24, 2.45) is 0 Å². The van der Waals surface area contributed by atoms with Gasteiger partial charge in [0.15, 0.2) is 0 Å². The van der Waals surface area contributed by atoms with Gasteiger partial charge in [0.1, 0.15) is 11.5 Å². The third-order valence-corrected chi connectivity index (χ3v) is 10.7. The molecule has 0 unspecified atom stereocenters. The van der Waals surface area contributed by atoms with E-state index in [9.17, 15) is 10.2 Å². The lowest BCUT2D eigenvalue weighted by atomic mass is 9.89. The highest BCUT2D eigenvalue weighted by Crippen LogP contribution is 2.38. The van der Waals surface area contributed by atoms with E-state index in [0.29, 0.717) is 24.6 Å². The second-order valence-electron chi connectivity index (χ2n) is 13.6. The molecule has 0 spiro atoms. The van der Waals surface area contributed by atoms with Gasteiger partial charge < -0.3 is 20.8 Å². The number of fused-ring (bicyclic) bond motifs is 8. The first-order valence-electron chi connectivity index (χ1n) is 17.2. The smallest absolute Gasteiger partial charge is 0.128 e. The van der Waals surface area contributed by atoms with Crippen LogP contribution in [0.4, 0.5) is 0 Å². The molecule has 0 aromatic heterocycles. The lowest BCUT2D eigenvalue weighted by molar-refractivity contribution is 0.279. The highest BCUT2D eigenvalue weighted by molar-refractivity contribution is 6.15. The van der Waals surface area contributed by atoms with Gasteiger partial charge in [-0.05, 0) is 91.0 Å². The summed E-state index contributed by atoms with van der Waals surface area (Å²) in [4.78, 5) is 0.